The number of nitrogens with zero attached hydrogens (tertiary/aromatic N) is 1. The SMILES string of the molecule is Cc1ccc(C(=O)N(CCO)CC(F)(F)F)cc1C. The summed E-state index contributed by atoms with van der Waals surface area (Å²) in [4.78, 5) is 12.6. The molecule has 1 aromatic carbocycles. The molecule has 3 nitrogen and oxygen atoms in total. The highest BCUT2D eigenvalue weighted by Crippen LogP contribution is 2.19. The van der Waals surface area contributed by atoms with E-state index in [2.05, 4.69) is 0 Å². The van der Waals surface area contributed by atoms with Gasteiger partial charge < -0.3 is 10.0 Å². The lowest BCUT2D eigenvalue weighted by Crippen LogP contribution is -2.40. The number of halogens is 3. The van der Waals surface area contributed by atoms with Crippen molar-refractivity contribution in [3.8, 4) is 0 Å². The molecule has 0 spiro atoms. The molecule has 0 aliphatic rings. The summed E-state index contributed by atoms with van der Waals surface area (Å²) in [6.07, 6.45) is -4.48. The second-order valence-corrected chi connectivity index (χ2v) is 4.36. The van der Waals surface area contributed by atoms with Gasteiger partial charge in [0.25, 0.3) is 5.91 Å². The average molecular weight is 275 g/mol. The summed E-state index contributed by atoms with van der Waals surface area (Å²) in [7, 11) is 0. The second-order valence-electron chi connectivity index (χ2n) is 4.36. The van der Waals surface area contributed by atoms with Gasteiger partial charge in [-0.2, -0.15) is 13.2 Å². The number of hydrogen-bond acceptors (Lipinski definition) is 2. The van der Waals surface area contributed by atoms with E-state index in [-0.39, 0.29) is 12.1 Å². The van der Waals surface area contributed by atoms with Gasteiger partial charge >= 0.3 is 6.18 Å². The Bertz CT molecular complexity index is 458. The monoisotopic (exact) mass is 275 g/mol. The predicted molar refractivity (Wildman–Crippen MR) is 65.0 cm³/mol. The van der Waals surface area contributed by atoms with Crippen molar-refractivity contribution in [2.45, 2.75) is 20.0 Å². The number of benzene rings is 1. The van der Waals surface area contributed by atoms with Crippen molar-refractivity contribution in [2.75, 3.05) is 19.7 Å². The summed E-state index contributed by atoms with van der Waals surface area (Å²) in [6.45, 7) is 1.42. The fourth-order valence-corrected chi connectivity index (χ4v) is 1.65. The third kappa shape index (κ3) is 4.55. The van der Waals surface area contributed by atoms with E-state index in [0.717, 1.165) is 11.1 Å². The molecule has 19 heavy (non-hydrogen) atoms. The standard InChI is InChI=1S/C13H16F3NO2/c1-9-3-4-11(7-10(9)2)12(19)17(5-6-18)8-13(14,15)16/h3-4,7,18H,5-6,8H2,1-2H3. The number of rotatable bonds is 4. The minimum absolute atomic E-state index is 0.195. The molecule has 0 heterocycles. The number of amides is 1. The summed E-state index contributed by atoms with van der Waals surface area (Å²) in [6, 6.07) is 4.73. The van der Waals surface area contributed by atoms with E-state index >= 15 is 0 Å². The van der Waals surface area contributed by atoms with Crippen LogP contribution in [0.2, 0.25) is 0 Å². The van der Waals surface area contributed by atoms with Gasteiger partial charge in [0.1, 0.15) is 6.54 Å². The third-order valence-corrected chi connectivity index (χ3v) is 2.78. The van der Waals surface area contributed by atoms with Gasteiger partial charge in [0.05, 0.1) is 6.61 Å². The number of aryl methyl sites for hydroxylation is 2. The highest BCUT2D eigenvalue weighted by Gasteiger charge is 2.33. The van der Waals surface area contributed by atoms with Crippen LogP contribution in [0.25, 0.3) is 0 Å². The van der Waals surface area contributed by atoms with Crippen molar-refractivity contribution in [1.82, 2.24) is 4.90 Å². The van der Waals surface area contributed by atoms with Crippen molar-refractivity contribution in [2.24, 2.45) is 0 Å². The van der Waals surface area contributed by atoms with Crippen LogP contribution in [0.15, 0.2) is 18.2 Å². The Hall–Kier alpha value is -1.56. The second kappa shape index (κ2) is 6.06. The van der Waals surface area contributed by atoms with Crippen molar-refractivity contribution in [3.63, 3.8) is 0 Å². The summed E-state index contributed by atoms with van der Waals surface area (Å²) in [5.74, 6) is -0.727. The van der Waals surface area contributed by atoms with E-state index in [1.165, 1.54) is 6.07 Å². The normalized spacial score (nSPS) is 11.5. The van der Waals surface area contributed by atoms with E-state index in [4.69, 9.17) is 5.11 Å². The zero-order valence-corrected chi connectivity index (χ0v) is 10.8. The molecule has 106 valence electrons. The van der Waals surface area contributed by atoms with Crippen LogP contribution in [-0.2, 0) is 0 Å². The first-order valence-electron chi connectivity index (χ1n) is 5.78. The van der Waals surface area contributed by atoms with Crippen LogP contribution < -0.4 is 0 Å². The van der Waals surface area contributed by atoms with Crippen molar-refractivity contribution in [1.29, 1.82) is 0 Å². The van der Waals surface area contributed by atoms with Gasteiger partial charge in [-0.05, 0) is 37.1 Å². The highest BCUT2D eigenvalue weighted by molar-refractivity contribution is 5.94. The summed E-state index contributed by atoms with van der Waals surface area (Å²) in [5, 5.41) is 8.77. The molecule has 0 unspecified atom stereocenters. The molecule has 1 rings (SSSR count). The van der Waals surface area contributed by atoms with E-state index in [1.54, 1.807) is 19.1 Å². The molecule has 0 saturated carbocycles. The molecule has 0 fully saturated rings. The first-order valence-corrected chi connectivity index (χ1v) is 5.78. The fourth-order valence-electron chi connectivity index (χ4n) is 1.65. The summed E-state index contributed by atoms with van der Waals surface area (Å²) >= 11 is 0. The Balaban J connectivity index is 2.95. The van der Waals surface area contributed by atoms with Crippen LogP contribution in [0.5, 0.6) is 0 Å². The number of carbonyl (C=O) groups is 1. The number of hydrogen-bond donors (Lipinski definition) is 1. The molecule has 0 atom stereocenters. The Morgan fingerprint density at radius 1 is 1.26 bits per heavy atom. The largest absolute Gasteiger partial charge is 0.406 e. The number of alkyl halides is 3. The maximum absolute atomic E-state index is 12.4. The van der Waals surface area contributed by atoms with Crippen LogP contribution in [0, 0.1) is 13.8 Å². The maximum Gasteiger partial charge on any atom is 0.406 e. The molecule has 1 N–H and O–H groups in total. The lowest BCUT2D eigenvalue weighted by molar-refractivity contribution is -0.141. The van der Waals surface area contributed by atoms with Crippen LogP contribution >= 0.6 is 0 Å². The van der Waals surface area contributed by atoms with Crippen molar-refractivity contribution in [3.05, 3.63) is 34.9 Å². The molecular weight excluding hydrogens is 259 g/mol. The van der Waals surface area contributed by atoms with E-state index < -0.39 is 25.2 Å². The van der Waals surface area contributed by atoms with Crippen LogP contribution in [-0.4, -0.2) is 41.8 Å². The van der Waals surface area contributed by atoms with Gasteiger partial charge in [-0.1, -0.05) is 6.07 Å². The van der Waals surface area contributed by atoms with Crippen LogP contribution in [0.3, 0.4) is 0 Å². The predicted octanol–water partition coefficient (Wildman–Crippen LogP) is 2.30. The first kappa shape index (κ1) is 15.5. The molecule has 0 aliphatic carbocycles. The molecule has 0 aliphatic heterocycles. The van der Waals surface area contributed by atoms with Gasteiger partial charge in [0.15, 0.2) is 0 Å². The number of aliphatic hydroxyl groups excluding tert-OH is 1. The minimum Gasteiger partial charge on any atom is -0.395 e. The molecular formula is C13H16F3NO2. The zero-order chi connectivity index (χ0) is 14.6. The van der Waals surface area contributed by atoms with E-state index in [0.29, 0.717) is 4.90 Å². The molecule has 0 bridgehead atoms. The highest BCUT2D eigenvalue weighted by atomic mass is 19.4. The maximum atomic E-state index is 12.4. The molecule has 0 saturated heterocycles. The zero-order valence-electron chi connectivity index (χ0n) is 10.8. The van der Waals surface area contributed by atoms with Gasteiger partial charge in [0, 0.05) is 12.1 Å². The topological polar surface area (TPSA) is 40.5 Å². The Morgan fingerprint density at radius 3 is 2.37 bits per heavy atom. The average Bonchev–Trinajstić information content (AvgIpc) is 2.29. The van der Waals surface area contributed by atoms with Crippen LogP contribution in [0.1, 0.15) is 21.5 Å². The quantitative estimate of drug-likeness (QED) is 0.916. The molecule has 0 radical (unpaired) electrons. The Kier molecular flexibility index (Phi) is 4.94. The molecule has 6 heteroatoms. The molecule has 1 aromatic rings. The number of aliphatic hydroxyl groups is 1. The number of carbonyl (C=O) groups excluding carboxylic acids is 1. The van der Waals surface area contributed by atoms with E-state index in [1.807, 2.05) is 6.92 Å². The van der Waals surface area contributed by atoms with E-state index in [9.17, 15) is 18.0 Å². The fraction of sp³-hybridized carbons (Fsp3) is 0.462. The summed E-state index contributed by atoms with van der Waals surface area (Å²) in [5.41, 5.74) is 1.99. The molecule has 1 amide bonds. The van der Waals surface area contributed by atoms with Crippen molar-refractivity contribution < 1.29 is 23.1 Å². The Morgan fingerprint density at radius 2 is 1.89 bits per heavy atom. The minimum atomic E-state index is -4.48. The lowest BCUT2D eigenvalue weighted by atomic mass is 10.1. The lowest BCUT2D eigenvalue weighted by Gasteiger charge is -2.23. The Labute approximate surface area is 109 Å². The molecule has 0 aromatic heterocycles. The van der Waals surface area contributed by atoms with Gasteiger partial charge in [0.2, 0.25) is 0 Å². The van der Waals surface area contributed by atoms with Gasteiger partial charge in [-0.3, -0.25) is 4.79 Å². The third-order valence-electron chi connectivity index (χ3n) is 2.78. The van der Waals surface area contributed by atoms with Crippen LogP contribution in [0.4, 0.5) is 13.2 Å². The summed E-state index contributed by atoms with van der Waals surface area (Å²) < 4.78 is 37.1. The smallest absolute Gasteiger partial charge is 0.395 e. The van der Waals surface area contributed by atoms with Gasteiger partial charge in [-0.15, -0.1) is 0 Å². The van der Waals surface area contributed by atoms with Crippen molar-refractivity contribution >= 4 is 5.91 Å². The van der Waals surface area contributed by atoms with Gasteiger partial charge in [-0.25, -0.2) is 0 Å². The first-order chi connectivity index (χ1) is 8.74.